The van der Waals surface area contributed by atoms with E-state index in [2.05, 4.69) is 14.9 Å². The van der Waals surface area contributed by atoms with Gasteiger partial charge in [-0.15, -0.1) is 0 Å². The van der Waals surface area contributed by atoms with Gasteiger partial charge in [-0.05, 0) is 0 Å². The van der Waals surface area contributed by atoms with E-state index in [1.54, 1.807) is 14.1 Å². The van der Waals surface area contributed by atoms with E-state index >= 15 is 0 Å². The molecule has 0 unspecified atom stereocenters. The van der Waals surface area contributed by atoms with Crippen molar-refractivity contribution in [2.45, 2.75) is 4.90 Å². The van der Waals surface area contributed by atoms with Crippen LogP contribution < -0.4 is 4.72 Å². The lowest BCUT2D eigenvalue weighted by Crippen LogP contribution is -2.15. The van der Waals surface area contributed by atoms with E-state index < -0.39 is 10.0 Å². The van der Waals surface area contributed by atoms with Gasteiger partial charge in [0.25, 0.3) is 10.0 Å². The smallest absolute Gasteiger partial charge is 0.266 e. The first-order valence-electron chi connectivity index (χ1n) is 4.87. The van der Waals surface area contributed by atoms with Crippen LogP contribution in [0.1, 0.15) is 5.56 Å². The van der Waals surface area contributed by atoms with Crippen LogP contribution in [0, 0.1) is 11.3 Å². The first-order chi connectivity index (χ1) is 8.44. The highest BCUT2D eigenvalue weighted by Crippen LogP contribution is 2.18. The van der Waals surface area contributed by atoms with Crippen molar-refractivity contribution < 1.29 is 8.42 Å². The second kappa shape index (κ2) is 4.15. The number of aromatic nitrogens is 4. The molecule has 0 spiro atoms. The largest absolute Gasteiger partial charge is 0.274 e. The van der Waals surface area contributed by atoms with E-state index in [1.165, 1.54) is 28.0 Å². The first kappa shape index (κ1) is 12.1. The van der Waals surface area contributed by atoms with Crippen molar-refractivity contribution in [1.82, 2.24) is 19.6 Å². The fourth-order valence-electron chi connectivity index (χ4n) is 1.36. The Kier molecular flexibility index (Phi) is 2.80. The minimum atomic E-state index is -3.76. The zero-order valence-corrected chi connectivity index (χ0v) is 10.5. The SMILES string of the molecule is Cn1cc(S(=O)(=O)Nc2c(C#N)cnn2C)cn1. The van der Waals surface area contributed by atoms with Gasteiger partial charge in [0.05, 0.1) is 12.4 Å². The Bertz CT molecular complexity index is 721. The van der Waals surface area contributed by atoms with Crippen LogP contribution in [-0.2, 0) is 24.1 Å². The number of rotatable bonds is 3. The Hall–Kier alpha value is -2.34. The second-order valence-electron chi connectivity index (χ2n) is 3.60. The minimum Gasteiger partial charge on any atom is -0.274 e. The van der Waals surface area contributed by atoms with E-state index in [1.807, 2.05) is 6.07 Å². The molecular weight excluding hydrogens is 256 g/mol. The number of anilines is 1. The molecule has 2 aromatic rings. The Morgan fingerprint density at radius 1 is 1.33 bits per heavy atom. The Morgan fingerprint density at radius 2 is 2.06 bits per heavy atom. The molecule has 0 atom stereocenters. The van der Waals surface area contributed by atoms with Crippen molar-refractivity contribution in [2.24, 2.45) is 14.1 Å². The fourth-order valence-corrected chi connectivity index (χ4v) is 2.46. The predicted molar refractivity (Wildman–Crippen MR) is 61.9 cm³/mol. The lowest BCUT2D eigenvalue weighted by molar-refractivity contribution is 0.600. The molecule has 0 saturated heterocycles. The number of nitrogens with zero attached hydrogens (tertiary/aromatic N) is 5. The molecule has 94 valence electrons. The summed E-state index contributed by atoms with van der Waals surface area (Å²) in [7, 11) is -0.604. The monoisotopic (exact) mass is 266 g/mol. The zero-order valence-electron chi connectivity index (χ0n) is 9.69. The number of sulfonamides is 1. The van der Waals surface area contributed by atoms with E-state index in [9.17, 15) is 8.42 Å². The summed E-state index contributed by atoms with van der Waals surface area (Å²) in [5.41, 5.74) is 0.157. The van der Waals surface area contributed by atoms with Crippen LogP contribution >= 0.6 is 0 Å². The predicted octanol–water partition coefficient (Wildman–Crippen LogP) is -0.174. The average molecular weight is 266 g/mol. The van der Waals surface area contributed by atoms with Crippen molar-refractivity contribution in [1.29, 1.82) is 5.26 Å². The third-order valence-electron chi connectivity index (χ3n) is 2.28. The van der Waals surface area contributed by atoms with Gasteiger partial charge in [0.15, 0.2) is 5.82 Å². The Balaban J connectivity index is 2.40. The van der Waals surface area contributed by atoms with Crippen LogP contribution in [0.25, 0.3) is 0 Å². The average Bonchev–Trinajstić information content (AvgIpc) is 2.87. The van der Waals surface area contributed by atoms with Crippen molar-refractivity contribution in [2.75, 3.05) is 4.72 Å². The Labute approximate surface area is 104 Å². The standard InChI is InChI=1S/C9H10N6O2S/c1-14-6-8(5-11-14)18(16,17)13-9-7(3-10)4-12-15(9)2/h4-6,13H,1-2H3. The van der Waals surface area contributed by atoms with Gasteiger partial charge in [-0.1, -0.05) is 0 Å². The quantitative estimate of drug-likeness (QED) is 0.830. The van der Waals surface area contributed by atoms with Crippen LogP contribution in [0.2, 0.25) is 0 Å². The molecule has 0 aliphatic heterocycles. The fraction of sp³-hybridized carbons (Fsp3) is 0.222. The third kappa shape index (κ3) is 2.05. The molecule has 0 aliphatic rings. The number of nitriles is 1. The van der Waals surface area contributed by atoms with Crippen LogP contribution in [0.4, 0.5) is 5.82 Å². The van der Waals surface area contributed by atoms with E-state index in [4.69, 9.17) is 5.26 Å². The molecule has 1 N–H and O–H groups in total. The van der Waals surface area contributed by atoms with Gasteiger partial charge in [0.2, 0.25) is 0 Å². The molecule has 0 bridgehead atoms. The number of aryl methyl sites for hydroxylation is 2. The molecule has 0 aromatic carbocycles. The highest BCUT2D eigenvalue weighted by Gasteiger charge is 2.20. The van der Waals surface area contributed by atoms with Crippen molar-refractivity contribution in [3.05, 3.63) is 24.2 Å². The normalized spacial score (nSPS) is 11.2. The van der Waals surface area contributed by atoms with Gasteiger partial charge < -0.3 is 0 Å². The summed E-state index contributed by atoms with van der Waals surface area (Å²) in [5, 5.41) is 16.5. The molecule has 18 heavy (non-hydrogen) atoms. The highest BCUT2D eigenvalue weighted by molar-refractivity contribution is 7.92. The molecule has 0 saturated carbocycles. The maximum absolute atomic E-state index is 12.0. The molecule has 2 heterocycles. The topological polar surface area (TPSA) is 106 Å². The van der Waals surface area contributed by atoms with Crippen molar-refractivity contribution in [3.8, 4) is 6.07 Å². The molecule has 0 radical (unpaired) electrons. The lowest BCUT2D eigenvalue weighted by atomic mass is 10.4. The molecule has 0 aliphatic carbocycles. The summed E-state index contributed by atoms with van der Waals surface area (Å²) in [6.07, 6.45) is 3.89. The summed E-state index contributed by atoms with van der Waals surface area (Å²) >= 11 is 0. The van der Waals surface area contributed by atoms with Gasteiger partial charge in [0, 0.05) is 20.3 Å². The van der Waals surface area contributed by atoms with Gasteiger partial charge in [-0.3, -0.25) is 14.1 Å². The van der Waals surface area contributed by atoms with Gasteiger partial charge >= 0.3 is 0 Å². The van der Waals surface area contributed by atoms with Gasteiger partial charge in [-0.2, -0.15) is 15.5 Å². The molecule has 9 heteroatoms. The number of hydrogen-bond donors (Lipinski definition) is 1. The first-order valence-corrected chi connectivity index (χ1v) is 6.36. The van der Waals surface area contributed by atoms with Crippen LogP contribution in [0.5, 0.6) is 0 Å². The minimum absolute atomic E-state index is 0.0232. The third-order valence-corrected chi connectivity index (χ3v) is 3.58. The summed E-state index contributed by atoms with van der Waals surface area (Å²) in [6.45, 7) is 0. The van der Waals surface area contributed by atoms with E-state index in [-0.39, 0.29) is 16.3 Å². The molecule has 2 aromatic heterocycles. The molecule has 8 nitrogen and oxygen atoms in total. The lowest BCUT2D eigenvalue weighted by Gasteiger charge is -2.06. The zero-order chi connectivity index (χ0) is 13.3. The second-order valence-corrected chi connectivity index (χ2v) is 5.28. The van der Waals surface area contributed by atoms with Crippen molar-refractivity contribution >= 4 is 15.8 Å². The summed E-state index contributed by atoms with van der Waals surface area (Å²) in [6, 6.07) is 1.86. The number of hydrogen-bond acceptors (Lipinski definition) is 5. The Morgan fingerprint density at radius 3 is 2.61 bits per heavy atom. The molecule has 2 rings (SSSR count). The summed E-state index contributed by atoms with van der Waals surface area (Å²) in [5.74, 6) is 0.126. The molecule has 0 fully saturated rings. The highest BCUT2D eigenvalue weighted by atomic mass is 32.2. The summed E-state index contributed by atoms with van der Waals surface area (Å²) < 4.78 is 29.0. The van der Waals surface area contributed by atoms with Crippen LogP contribution in [0.3, 0.4) is 0 Å². The van der Waals surface area contributed by atoms with Crippen LogP contribution in [0.15, 0.2) is 23.5 Å². The summed E-state index contributed by atoms with van der Waals surface area (Å²) in [4.78, 5) is 0.0232. The maximum Gasteiger partial charge on any atom is 0.266 e. The maximum atomic E-state index is 12.0. The van der Waals surface area contributed by atoms with Gasteiger partial charge in [-0.25, -0.2) is 8.42 Å². The van der Waals surface area contributed by atoms with Crippen molar-refractivity contribution in [3.63, 3.8) is 0 Å². The number of nitrogens with one attached hydrogen (secondary N) is 1. The molecule has 0 amide bonds. The van der Waals surface area contributed by atoms with Gasteiger partial charge in [0.1, 0.15) is 16.5 Å². The van der Waals surface area contributed by atoms with E-state index in [0.717, 1.165) is 0 Å². The molecular formula is C9H10N6O2S. The van der Waals surface area contributed by atoms with E-state index in [0.29, 0.717) is 0 Å². The van der Waals surface area contributed by atoms with Crippen LogP contribution in [-0.4, -0.2) is 28.0 Å².